The summed E-state index contributed by atoms with van der Waals surface area (Å²) in [6, 6.07) is 12.1. The molecular formula is C21H12F6N4O2. The molecule has 1 N–H and O–H groups in total. The number of benzene rings is 2. The molecule has 33 heavy (non-hydrogen) atoms. The Kier molecular flexibility index (Phi) is 4.69. The third-order valence-corrected chi connectivity index (χ3v) is 5.06. The summed E-state index contributed by atoms with van der Waals surface area (Å²) >= 11 is 0. The number of ether oxygens (including phenoxy) is 1. The first-order valence-corrected chi connectivity index (χ1v) is 9.51. The van der Waals surface area contributed by atoms with Gasteiger partial charge in [-0.1, -0.05) is 35.5 Å². The van der Waals surface area contributed by atoms with Crippen molar-refractivity contribution in [3.63, 3.8) is 0 Å². The van der Waals surface area contributed by atoms with Crippen LogP contribution >= 0.6 is 0 Å². The number of aromatic nitrogens is 4. The van der Waals surface area contributed by atoms with Gasteiger partial charge in [-0.15, -0.1) is 0 Å². The van der Waals surface area contributed by atoms with Gasteiger partial charge in [0, 0.05) is 5.56 Å². The lowest BCUT2D eigenvalue weighted by Crippen LogP contribution is -2.33. The fourth-order valence-corrected chi connectivity index (χ4v) is 3.56. The summed E-state index contributed by atoms with van der Waals surface area (Å²) < 4.78 is 89.5. The van der Waals surface area contributed by atoms with Crippen molar-refractivity contribution in [1.29, 1.82) is 0 Å². The minimum atomic E-state index is -4.65. The van der Waals surface area contributed by atoms with Gasteiger partial charge >= 0.3 is 12.4 Å². The maximum atomic E-state index is 13.6. The van der Waals surface area contributed by atoms with E-state index in [1.807, 2.05) is 0 Å². The van der Waals surface area contributed by atoms with Crippen LogP contribution in [0.4, 0.5) is 26.3 Å². The van der Waals surface area contributed by atoms with Crippen molar-refractivity contribution >= 4 is 16.8 Å². The maximum Gasteiger partial charge on any atom is 0.449 e. The fraction of sp³-hybridized carbons (Fsp3) is 0.190. The van der Waals surface area contributed by atoms with E-state index in [1.165, 1.54) is 24.3 Å². The topological polar surface area (TPSA) is 76.8 Å². The lowest BCUT2D eigenvalue weighted by atomic mass is 9.94. The molecule has 0 spiro atoms. The number of fused-ring (bicyclic) bond motifs is 1. The lowest BCUT2D eigenvalue weighted by molar-refractivity contribution is -0.201. The summed E-state index contributed by atoms with van der Waals surface area (Å²) in [6.45, 7) is 0. The number of hydrogen-bond acceptors (Lipinski definition) is 5. The number of hydrogen-bond donors (Lipinski definition) is 1. The molecule has 0 saturated heterocycles. The summed E-state index contributed by atoms with van der Waals surface area (Å²) in [5, 5.41) is 3.73. The number of imidazole rings is 1. The van der Waals surface area contributed by atoms with Crippen LogP contribution in [-0.4, -0.2) is 32.4 Å². The predicted molar refractivity (Wildman–Crippen MR) is 102 cm³/mol. The molecule has 0 amide bonds. The summed E-state index contributed by atoms with van der Waals surface area (Å²) in [5.41, 5.74) is 0.835. The van der Waals surface area contributed by atoms with E-state index < -0.39 is 30.2 Å². The molecule has 4 aromatic rings. The summed E-state index contributed by atoms with van der Waals surface area (Å²) in [5.74, 6) is -2.82. The first-order chi connectivity index (χ1) is 15.6. The Labute approximate surface area is 180 Å². The van der Waals surface area contributed by atoms with Gasteiger partial charge in [-0.3, -0.25) is 0 Å². The van der Waals surface area contributed by atoms with Crippen LogP contribution in [0.3, 0.4) is 0 Å². The smallest absolute Gasteiger partial charge is 0.449 e. The molecule has 1 aliphatic rings. The molecule has 0 fully saturated rings. The van der Waals surface area contributed by atoms with Crippen LogP contribution in [0.25, 0.3) is 28.2 Å². The molecule has 0 aliphatic carbocycles. The highest BCUT2D eigenvalue weighted by atomic mass is 19.4. The molecule has 0 saturated carbocycles. The predicted octanol–water partition coefficient (Wildman–Crippen LogP) is 5.72. The van der Waals surface area contributed by atoms with E-state index >= 15 is 0 Å². The largest absolute Gasteiger partial charge is 0.474 e. The molecule has 0 radical (unpaired) electrons. The molecule has 2 aromatic heterocycles. The van der Waals surface area contributed by atoms with Crippen molar-refractivity contribution in [2.24, 2.45) is 0 Å². The summed E-state index contributed by atoms with van der Waals surface area (Å²) in [4.78, 5) is 9.75. The van der Waals surface area contributed by atoms with Crippen molar-refractivity contribution in [3.05, 3.63) is 71.9 Å². The Morgan fingerprint density at radius 2 is 1.67 bits per heavy atom. The summed E-state index contributed by atoms with van der Waals surface area (Å²) in [6.07, 6.45) is -10.2. The van der Waals surface area contributed by atoms with Crippen LogP contribution < -0.4 is 0 Å². The minimum Gasteiger partial charge on any atom is -0.474 e. The Bertz CT molecular complexity index is 1340. The highest BCUT2D eigenvalue weighted by Crippen LogP contribution is 2.44. The van der Waals surface area contributed by atoms with Crippen LogP contribution in [0.5, 0.6) is 0 Å². The van der Waals surface area contributed by atoms with Gasteiger partial charge in [-0.25, -0.2) is 4.98 Å². The molecular weight excluding hydrogens is 454 g/mol. The first kappa shape index (κ1) is 21.0. The van der Waals surface area contributed by atoms with E-state index in [0.717, 1.165) is 0 Å². The third kappa shape index (κ3) is 3.92. The van der Waals surface area contributed by atoms with Gasteiger partial charge in [0.2, 0.25) is 17.8 Å². The Balaban J connectivity index is 1.47. The van der Waals surface area contributed by atoms with Crippen molar-refractivity contribution in [3.8, 4) is 11.4 Å². The number of halogens is 6. The average molecular weight is 466 g/mol. The van der Waals surface area contributed by atoms with Gasteiger partial charge < -0.3 is 14.2 Å². The summed E-state index contributed by atoms with van der Waals surface area (Å²) in [7, 11) is 0. The normalized spacial score (nSPS) is 19.0. The molecule has 170 valence electrons. The van der Waals surface area contributed by atoms with E-state index in [1.54, 1.807) is 30.3 Å². The van der Waals surface area contributed by atoms with E-state index in [2.05, 4.69) is 20.1 Å². The van der Waals surface area contributed by atoms with E-state index in [0.29, 0.717) is 5.56 Å². The Morgan fingerprint density at radius 3 is 2.36 bits per heavy atom. The highest BCUT2D eigenvalue weighted by molar-refractivity contribution is 5.80. The second-order valence-corrected chi connectivity index (χ2v) is 7.29. The molecule has 2 atom stereocenters. The van der Waals surface area contributed by atoms with Crippen molar-refractivity contribution in [1.82, 2.24) is 20.1 Å². The molecule has 0 bridgehead atoms. The Morgan fingerprint density at radius 1 is 0.909 bits per heavy atom. The van der Waals surface area contributed by atoms with Gasteiger partial charge in [0.15, 0.2) is 5.76 Å². The molecule has 12 heteroatoms. The number of H-pyrrole nitrogens is 1. The number of aromatic amines is 1. The second kappa shape index (κ2) is 7.36. The Hall–Kier alpha value is -3.83. The zero-order valence-corrected chi connectivity index (χ0v) is 16.3. The molecule has 5 rings (SSSR count). The van der Waals surface area contributed by atoms with Crippen LogP contribution in [0.2, 0.25) is 0 Å². The molecule has 3 heterocycles. The van der Waals surface area contributed by atoms with Crippen molar-refractivity contribution < 1.29 is 35.6 Å². The van der Waals surface area contributed by atoms with Crippen LogP contribution in [0.15, 0.2) is 59.1 Å². The molecule has 6 nitrogen and oxygen atoms in total. The first-order valence-electron chi connectivity index (χ1n) is 9.51. The zero-order valence-electron chi connectivity index (χ0n) is 16.3. The average Bonchev–Trinajstić information content (AvgIpc) is 3.50. The number of alkyl halides is 6. The van der Waals surface area contributed by atoms with Gasteiger partial charge in [0.05, 0.1) is 17.0 Å². The number of nitrogens with zero attached hydrogens (tertiary/aromatic N) is 3. The third-order valence-electron chi connectivity index (χ3n) is 5.06. The zero-order chi connectivity index (χ0) is 23.4. The van der Waals surface area contributed by atoms with Gasteiger partial charge in [-0.2, -0.15) is 31.3 Å². The lowest BCUT2D eigenvalue weighted by Gasteiger charge is -2.21. The van der Waals surface area contributed by atoms with Crippen LogP contribution in [-0.2, 0) is 10.9 Å². The maximum absolute atomic E-state index is 13.6. The molecule has 2 aromatic carbocycles. The quantitative estimate of drug-likeness (QED) is 0.391. The van der Waals surface area contributed by atoms with Crippen molar-refractivity contribution in [2.45, 2.75) is 24.4 Å². The van der Waals surface area contributed by atoms with Gasteiger partial charge in [0.25, 0.3) is 5.89 Å². The number of nitrogens with one attached hydrogen (secondary N) is 1. The van der Waals surface area contributed by atoms with Crippen LogP contribution in [0, 0.1) is 0 Å². The van der Waals surface area contributed by atoms with E-state index in [9.17, 15) is 26.3 Å². The molecule has 2 unspecified atom stereocenters. The van der Waals surface area contributed by atoms with E-state index in [-0.39, 0.29) is 34.1 Å². The SMILES string of the molecule is FC(F)(F)c1nc2cc(-c3noc(C4=CC(c5ccccc5)C(C(F)(F)F)O4)n3)ccc2[nH]1. The minimum absolute atomic E-state index is 0.0174. The standard InChI is InChI=1S/C21H12F6N4O2/c22-20(23,24)16-12(10-4-2-1-3-5-10)9-15(32-16)18-30-17(31-33-18)11-6-7-13-14(8-11)29-19(28-13)21(25,26)27/h1-9,12,16H,(H,28,29). The van der Waals surface area contributed by atoms with Gasteiger partial charge in [-0.05, 0) is 29.8 Å². The van der Waals surface area contributed by atoms with Crippen LogP contribution in [0.1, 0.15) is 23.2 Å². The second-order valence-electron chi connectivity index (χ2n) is 7.29. The monoisotopic (exact) mass is 466 g/mol. The fourth-order valence-electron chi connectivity index (χ4n) is 3.56. The van der Waals surface area contributed by atoms with Gasteiger partial charge in [0.1, 0.15) is 0 Å². The highest BCUT2D eigenvalue weighted by Gasteiger charge is 2.51. The number of rotatable bonds is 3. The van der Waals surface area contributed by atoms with Crippen molar-refractivity contribution in [2.75, 3.05) is 0 Å². The molecule has 1 aliphatic heterocycles. The van der Waals surface area contributed by atoms with E-state index in [4.69, 9.17) is 9.26 Å².